The molecular weight excluding hydrogens is 291 g/mol. The Hall–Kier alpha value is -2.57. The number of nitrogens with zero attached hydrogens (tertiary/aromatic N) is 2. The standard InChI is InChI=1S/C15H11FN2O4/c16-10-4-3-9(6-11(10)18(21)22)17-14(19)12-7-1-2-8(5-7)13(12)15(17)20/h1-4,6-8,12-13H,5H2/t7-,8+,12-,13?/m1/s1. The number of fused-ring (bicyclic) bond motifs is 5. The van der Waals surface area contributed by atoms with E-state index in [0.29, 0.717) is 0 Å². The molecule has 0 spiro atoms. The van der Waals surface area contributed by atoms with Crippen LogP contribution >= 0.6 is 0 Å². The van der Waals surface area contributed by atoms with Gasteiger partial charge < -0.3 is 0 Å². The first-order chi connectivity index (χ1) is 10.5. The van der Waals surface area contributed by atoms with Crippen molar-refractivity contribution in [3.63, 3.8) is 0 Å². The molecule has 3 aliphatic rings. The lowest BCUT2D eigenvalue weighted by atomic mass is 9.85. The molecule has 1 saturated carbocycles. The molecule has 2 fully saturated rings. The monoisotopic (exact) mass is 302 g/mol. The highest BCUT2D eigenvalue weighted by atomic mass is 19.1. The van der Waals surface area contributed by atoms with Gasteiger partial charge in [-0.3, -0.25) is 19.7 Å². The molecule has 0 N–H and O–H groups in total. The fraction of sp³-hybridized carbons (Fsp3) is 0.333. The maximum Gasteiger partial charge on any atom is 0.306 e. The first kappa shape index (κ1) is 13.1. The van der Waals surface area contributed by atoms with Crippen molar-refractivity contribution in [3.8, 4) is 0 Å². The van der Waals surface area contributed by atoms with E-state index in [9.17, 15) is 24.1 Å². The SMILES string of the molecule is O=C1C2[C@H]3C=C[C@H](C3)[C@H]2C(=O)N1c1ccc(F)c([N+](=O)[O-])c1. The molecule has 4 rings (SSSR count). The van der Waals surface area contributed by atoms with E-state index in [0.717, 1.165) is 23.5 Å². The van der Waals surface area contributed by atoms with E-state index < -0.39 is 16.4 Å². The second-order valence-corrected chi connectivity index (χ2v) is 5.90. The summed E-state index contributed by atoms with van der Waals surface area (Å²) in [5.41, 5.74) is -0.673. The van der Waals surface area contributed by atoms with Gasteiger partial charge in [0, 0.05) is 6.07 Å². The number of benzene rings is 1. The van der Waals surface area contributed by atoms with Gasteiger partial charge in [0.25, 0.3) is 0 Å². The Morgan fingerprint density at radius 2 is 1.73 bits per heavy atom. The predicted octanol–water partition coefficient (Wildman–Crippen LogP) is 2.05. The average molecular weight is 302 g/mol. The van der Waals surface area contributed by atoms with Crippen molar-refractivity contribution in [2.45, 2.75) is 6.42 Å². The number of allylic oxidation sites excluding steroid dienone is 2. The Morgan fingerprint density at radius 1 is 1.14 bits per heavy atom. The van der Waals surface area contributed by atoms with Crippen LogP contribution in [0.4, 0.5) is 15.8 Å². The molecule has 7 heteroatoms. The van der Waals surface area contributed by atoms with Gasteiger partial charge in [0.05, 0.1) is 22.4 Å². The summed E-state index contributed by atoms with van der Waals surface area (Å²) in [7, 11) is 0. The molecule has 0 aromatic heterocycles. The number of carbonyl (C=O) groups is 2. The molecule has 6 nitrogen and oxygen atoms in total. The van der Waals surface area contributed by atoms with Crippen LogP contribution in [0, 0.1) is 39.6 Å². The van der Waals surface area contributed by atoms with Crippen molar-refractivity contribution >= 4 is 23.2 Å². The van der Waals surface area contributed by atoms with Crippen LogP contribution in [-0.4, -0.2) is 16.7 Å². The predicted molar refractivity (Wildman–Crippen MR) is 73.3 cm³/mol. The van der Waals surface area contributed by atoms with Crippen LogP contribution in [-0.2, 0) is 9.59 Å². The summed E-state index contributed by atoms with van der Waals surface area (Å²) >= 11 is 0. The molecule has 1 heterocycles. The zero-order chi connectivity index (χ0) is 15.6. The van der Waals surface area contributed by atoms with Crippen LogP contribution in [0.15, 0.2) is 30.4 Å². The molecular formula is C15H11FN2O4. The summed E-state index contributed by atoms with van der Waals surface area (Å²) in [5, 5.41) is 10.8. The smallest absolute Gasteiger partial charge is 0.274 e. The zero-order valence-electron chi connectivity index (χ0n) is 11.3. The molecule has 0 radical (unpaired) electrons. The summed E-state index contributed by atoms with van der Waals surface area (Å²) < 4.78 is 13.4. The van der Waals surface area contributed by atoms with Gasteiger partial charge in [-0.15, -0.1) is 0 Å². The first-order valence-electron chi connectivity index (χ1n) is 6.99. The second-order valence-electron chi connectivity index (χ2n) is 5.90. The van der Waals surface area contributed by atoms with Crippen molar-refractivity contribution in [3.05, 3.63) is 46.3 Å². The van der Waals surface area contributed by atoms with Gasteiger partial charge >= 0.3 is 5.69 Å². The lowest BCUT2D eigenvalue weighted by molar-refractivity contribution is -0.387. The van der Waals surface area contributed by atoms with Gasteiger partial charge in [-0.05, 0) is 30.4 Å². The fourth-order valence-corrected chi connectivity index (χ4v) is 3.94. The van der Waals surface area contributed by atoms with E-state index in [1.54, 1.807) is 0 Å². The summed E-state index contributed by atoms with van der Waals surface area (Å²) in [5.74, 6) is -2.31. The lowest BCUT2D eigenvalue weighted by Crippen LogP contribution is -2.32. The molecule has 112 valence electrons. The number of rotatable bonds is 2. The molecule has 2 amide bonds. The number of hydrogen-bond acceptors (Lipinski definition) is 4. The van der Waals surface area contributed by atoms with E-state index in [4.69, 9.17) is 0 Å². The molecule has 1 aliphatic heterocycles. The minimum Gasteiger partial charge on any atom is -0.274 e. The highest BCUT2D eigenvalue weighted by Gasteiger charge is 2.59. The van der Waals surface area contributed by atoms with Crippen LogP contribution in [0.3, 0.4) is 0 Å². The topological polar surface area (TPSA) is 80.5 Å². The van der Waals surface area contributed by atoms with Crippen LogP contribution in [0.25, 0.3) is 0 Å². The summed E-state index contributed by atoms with van der Waals surface area (Å²) in [6.07, 6.45) is 4.74. The quantitative estimate of drug-likeness (QED) is 0.362. The molecule has 1 saturated heterocycles. The molecule has 1 aromatic carbocycles. The molecule has 4 atom stereocenters. The zero-order valence-corrected chi connectivity index (χ0v) is 11.3. The van der Waals surface area contributed by atoms with E-state index in [1.165, 1.54) is 6.07 Å². The summed E-state index contributed by atoms with van der Waals surface area (Å²) in [6, 6.07) is 3.09. The Bertz CT molecular complexity index is 730. The second kappa shape index (κ2) is 4.22. The number of anilines is 1. The van der Waals surface area contributed by atoms with Gasteiger partial charge in [-0.1, -0.05) is 12.2 Å². The van der Waals surface area contributed by atoms with Gasteiger partial charge in [-0.25, -0.2) is 4.90 Å². The van der Waals surface area contributed by atoms with Crippen LogP contribution in [0.2, 0.25) is 0 Å². The Morgan fingerprint density at radius 3 is 2.27 bits per heavy atom. The maximum atomic E-state index is 13.4. The van der Waals surface area contributed by atoms with Crippen LogP contribution in [0.5, 0.6) is 0 Å². The van der Waals surface area contributed by atoms with Gasteiger partial charge in [0.15, 0.2) is 0 Å². The van der Waals surface area contributed by atoms with Crippen molar-refractivity contribution in [2.75, 3.05) is 4.90 Å². The number of carbonyl (C=O) groups excluding carboxylic acids is 2. The number of hydrogen-bond donors (Lipinski definition) is 0. The number of halogens is 1. The van der Waals surface area contributed by atoms with E-state index >= 15 is 0 Å². The number of nitro groups is 1. The minimum atomic E-state index is -0.991. The maximum absolute atomic E-state index is 13.4. The fourth-order valence-electron chi connectivity index (χ4n) is 3.94. The largest absolute Gasteiger partial charge is 0.306 e. The van der Waals surface area contributed by atoms with Crippen molar-refractivity contribution < 1.29 is 18.9 Å². The highest BCUT2D eigenvalue weighted by Crippen LogP contribution is 2.53. The number of amides is 2. The van der Waals surface area contributed by atoms with Crippen molar-refractivity contribution in [1.82, 2.24) is 0 Å². The van der Waals surface area contributed by atoms with E-state index in [1.807, 2.05) is 12.2 Å². The summed E-state index contributed by atoms with van der Waals surface area (Å²) in [4.78, 5) is 36.1. The summed E-state index contributed by atoms with van der Waals surface area (Å²) in [6.45, 7) is 0. The minimum absolute atomic E-state index is 0.0619. The molecule has 1 aromatic rings. The number of imide groups is 1. The molecule has 22 heavy (non-hydrogen) atoms. The van der Waals surface area contributed by atoms with Gasteiger partial charge in [0.2, 0.25) is 17.6 Å². The Balaban J connectivity index is 1.76. The lowest BCUT2D eigenvalue weighted by Gasteiger charge is -2.17. The normalized spacial score (nSPS) is 32.0. The third-order valence-corrected chi connectivity index (χ3v) is 4.85. The molecule has 2 aliphatic carbocycles. The van der Waals surface area contributed by atoms with Gasteiger partial charge in [-0.2, -0.15) is 4.39 Å². The third-order valence-electron chi connectivity index (χ3n) is 4.85. The molecule has 2 bridgehead atoms. The number of nitro benzene ring substituents is 1. The molecule has 1 unspecified atom stereocenters. The van der Waals surface area contributed by atoms with E-state index in [2.05, 4.69) is 0 Å². The highest BCUT2D eigenvalue weighted by molar-refractivity contribution is 6.22. The van der Waals surface area contributed by atoms with E-state index in [-0.39, 0.29) is 41.2 Å². The Kier molecular flexibility index (Phi) is 2.52. The van der Waals surface area contributed by atoms with Gasteiger partial charge in [0.1, 0.15) is 0 Å². The van der Waals surface area contributed by atoms with Crippen molar-refractivity contribution in [1.29, 1.82) is 0 Å². The Labute approximate surface area is 124 Å². The third kappa shape index (κ3) is 1.53. The first-order valence-corrected chi connectivity index (χ1v) is 6.99. The average Bonchev–Trinajstić information content (AvgIpc) is 3.14. The van der Waals surface area contributed by atoms with Crippen LogP contribution in [0.1, 0.15) is 6.42 Å². The van der Waals surface area contributed by atoms with Crippen LogP contribution < -0.4 is 4.90 Å². The van der Waals surface area contributed by atoms with Crippen molar-refractivity contribution in [2.24, 2.45) is 23.7 Å².